The maximum Gasteiger partial charge on any atom is 0.253 e. The van der Waals surface area contributed by atoms with Crippen molar-refractivity contribution in [2.45, 2.75) is 26.8 Å². The zero-order valence-corrected chi connectivity index (χ0v) is 11.2. The molecule has 2 rings (SSSR count). The van der Waals surface area contributed by atoms with E-state index in [1.54, 1.807) is 25.3 Å². The summed E-state index contributed by atoms with van der Waals surface area (Å²) in [5.74, 6) is -0.0460. The van der Waals surface area contributed by atoms with Gasteiger partial charge >= 0.3 is 0 Å². The van der Waals surface area contributed by atoms with Crippen LogP contribution in [0.15, 0.2) is 47.4 Å². The van der Waals surface area contributed by atoms with Gasteiger partial charge in [-0.1, -0.05) is 37.3 Å². The van der Waals surface area contributed by atoms with Crippen LogP contribution >= 0.6 is 0 Å². The molecule has 2 aromatic rings. The van der Waals surface area contributed by atoms with Crippen molar-refractivity contribution >= 4 is 5.78 Å². The van der Waals surface area contributed by atoms with Crippen LogP contribution in [0, 0.1) is 6.92 Å². The third-order valence-electron chi connectivity index (χ3n) is 3.21. The SMILES string of the molecule is CCc1ccc(C(=O)Cn2cccc(C)c2=O)cc1. The standard InChI is InChI=1S/C16H17NO2/c1-3-13-6-8-14(9-7-13)15(18)11-17-10-4-5-12(2)16(17)19/h4-10H,3,11H2,1-2H3. The van der Waals surface area contributed by atoms with E-state index in [4.69, 9.17) is 0 Å². The topological polar surface area (TPSA) is 39.1 Å². The predicted octanol–water partition coefficient (Wildman–Crippen LogP) is 2.60. The van der Waals surface area contributed by atoms with Crippen molar-refractivity contribution in [3.8, 4) is 0 Å². The molecule has 0 radical (unpaired) electrons. The van der Waals surface area contributed by atoms with Gasteiger partial charge in [-0.15, -0.1) is 0 Å². The van der Waals surface area contributed by atoms with Crippen molar-refractivity contribution in [3.63, 3.8) is 0 Å². The van der Waals surface area contributed by atoms with E-state index in [1.807, 2.05) is 24.3 Å². The highest BCUT2D eigenvalue weighted by molar-refractivity contribution is 5.95. The Kier molecular flexibility index (Phi) is 3.95. The van der Waals surface area contributed by atoms with Crippen molar-refractivity contribution in [3.05, 3.63) is 69.6 Å². The highest BCUT2D eigenvalue weighted by Crippen LogP contribution is 2.06. The Balaban J connectivity index is 2.20. The first-order valence-corrected chi connectivity index (χ1v) is 6.40. The van der Waals surface area contributed by atoms with E-state index in [1.165, 1.54) is 10.1 Å². The summed E-state index contributed by atoms with van der Waals surface area (Å²) in [4.78, 5) is 24.0. The highest BCUT2D eigenvalue weighted by atomic mass is 16.1. The van der Waals surface area contributed by atoms with Crippen LogP contribution in [0.1, 0.15) is 28.4 Å². The number of carbonyl (C=O) groups is 1. The number of carbonyl (C=O) groups excluding carboxylic acids is 1. The second-order valence-corrected chi connectivity index (χ2v) is 4.60. The van der Waals surface area contributed by atoms with E-state index in [0.29, 0.717) is 11.1 Å². The van der Waals surface area contributed by atoms with Gasteiger partial charge < -0.3 is 4.57 Å². The molecule has 19 heavy (non-hydrogen) atoms. The number of hydrogen-bond acceptors (Lipinski definition) is 2. The number of Topliss-reactive ketones (excluding diaryl/α,β-unsaturated/α-hetero) is 1. The Morgan fingerprint density at radius 2 is 1.84 bits per heavy atom. The minimum atomic E-state index is -0.110. The molecule has 0 aliphatic carbocycles. The third-order valence-corrected chi connectivity index (χ3v) is 3.21. The second kappa shape index (κ2) is 5.65. The van der Waals surface area contributed by atoms with Gasteiger partial charge in [0.1, 0.15) is 0 Å². The van der Waals surface area contributed by atoms with Gasteiger partial charge in [-0.05, 0) is 25.0 Å². The molecule has 98 valence electrons. The van der Waals surface area contributed by atoms with Crippen LogP contribution in [0.4, 0.5) is 0 Å². The summed E-state index contributed by atoms with van der Waals surface area (Å²) < 4.78 is 1.45. The molecular weight excluding hydrogens is 238 g/mol. The normalized spacial score (nSPS) is 10.4. The first-order chi connectivity index (χ1) is 9.11. The number of rotatable bonds is 4. The minimum absolute atomic E-state index is 0.0460. The number of benzene rings is 1. The van der Waals surface area contributed by atoms with Gasteiger partial charge in [-0.3, -0.25) is 9.59 Å². The third kappa shape index (κ3) is 2.99. The summed E-state index contributed by atoms with van der Waals surface area (Å²) in [7, 11) is 0. The minimum Gasteiger partial charge on any atom is -0.308 e. The van der Waals surface area contributed by atoms with Crippen molar-refractivity contribution in [1.29, 1.82) is 0 Å². The Bertz CT molecular complexity index is 639. The van der Waals surface area contributed by atoms with Crippen molar-refractivity contribution in [1.82, 2.24) is 4.57 Å². The van der Waals surface area contributed by atoms with Gasteiger partial charge in [0, 0.05) is 17.3 Å². The monoisotopic (exact) mass is 255 g/mol. The molecule has 3 nitrogen and oxygen atoms in total. The lowest BCUT2D eigenvalue weighted by atomic mass is 10.1. The molecule has 0 amide bonds. The highest BCUT2D eigenvalue weighted by Gasteiger charge is 2.08. The lowest BCUT2D eigenvalue weighted by Gasteiger charge is -2.06. The molecule has 1 aromatic heterocycles. The van der Waals surface area contributed by atoms with Crippen molar-refractivity contribution < 1.29 is 4.79 Å². The molecule has 0 atom stereocenters. The Morgan fingerprint density at radius 3 is 2.47 bits per heavy atom. The van der Waals surface area contributed by atoms with Crippen LogP contribution in [0.5, 0.6) is 0 Å². The number of pyridine rings is 1. The van der Waals surface area contributed by atoms with Crippen molar-refractivity contribution in [2.24, 2.45) is 0 Å². The fourth-order valence-corrected chi connectivity index (χ4v) is 1.95. The first kappa shape index (κ1) is 13.3. The van der Waals surface area contributed by atoms with E-state index in [-0.39, 0.29) is 17.9 Å². The summed E-state index contributed by atoms with van der Waals surface area (Å²) in [6.07, 6.45) is 2.60. The molecule has 0 bridgehead atoms. The number of aryl methyl sites for hydroxylation is 2. The largest absolute Gasteiger partial charge is 0.308 e. The second-order valence-electron chi connectivity index (χ2n) is 4.60. The Morgan fingerprint density at radius 1 is 1.16 bits per heavy atom. The molecule has 0 unspecified atom stereocenters. The number of hydrogen-bond donors (Lipinski definition) is 0. The summed E-state index contributed by atoms with van der Waals surface area (Å²) in [5, 5.41) is 0. The number of ketones is 1. The molecule has 1 aromatic carbocycles. The number of aromatic nitrogens is 1. The van der Waals surface area contributed by atoms with Crippen LogP contribution in [0.2, 0.25) is 0 Å². The molecular formula is C16H17NO2. The zero-order valence-electron chi connectivity index (χ0n) is 11.2. The van der Waals surface area contributed by atoms with Gasteiger partial charge in [0.15, 0.2) is 5.78 Å². The lowest BCUT2D eigenvalue weighted by Crippen LogP contribution is -2.25. The van der Waals surface area contributed by atoms with Gasteiger partial charge in [-0.2, -0.15) is 0 Å². The maximum absolute atomic E-state index is 12.1. The van der Waals surface area contributed by atoms with Gasteiger partial charge in [0.05, 0.1) is 6.54 Å². The smallest absolute Gasteiger partial charge is 0.253 e. The lowest BCUT2D eigenvalue weighted by molar-refractivity contribution is 0.0971. The molecule has 0 N–H and O–H groups in total. The quantitative estimate of drug-likeness (QED) is 0.788. The number of nitrogens with zero attached hydrogens (tertiary/aromatic N) is 1. The fourth-order valence-electron chi connectivity index (χ4n) is 1.95. The van der Waals surface area contributed by atoms with Crippen LogP contribution in [-0.4, -0.2) is 10.4 Å². The summed E-state index contributed by atoms with van der Waals surface area (Å²) in [6, 6.07) is 11.1. The van der Waals surface area contributed by atoms with Crippen LogP contribution in [0.25, 0.3) is 0 Å². The fraction of sp³-hybridized carbons (Fsp3) is 0.250. The van der Waals surface area contributed by atoms with E-state index < -0.39 is 0 Å². The molecule has 0 saturated heterocycles. The van der Waals surface area contributed by atoms with E-state index in [0.717, 1.165) is 6.42 Å². The molecule has 0 saturated carbocycles. The van der Waals surface area contributed by atoms with Crippen LogP contribution < -0.4 is 5.56 Å². The zero-order chi connectivity index (χ0) is 13.8. The van der Waals surface area contributed by atoms with Gasteiger partial charge in [-0.25, -0.2) is 0 Å². The first-order valence-electron chi connectivity index (χ1n) is 6.40. The van der Waals surface area contributed by atoms with E-state index in [9.17, 15) is 9.59 Å². The molecule has 1 heterocycles. The van der Waals surface area contributed by atoms with Gasteiger partial charge in [0.2, 0.25) is 0 Å². The Hall–Kier alpha value is -2.16. The van der Waals surface area contributed by atoms with E-state index in [2.05, 4.69) is 6.92 Å². The Labute approximate surface area is 112 Å². The molecule has 0 fully saturated rings. The van der Waals surface area contributed by atoms with Crippen LogP contribution in [-0.2, 0) is 13.0 Å². The average Bonchev–Trinajstić information content (AvgIpc) is 2.44. The molecule has 0 aliphatic heterocycles. The maximum atomic E-state index is 12.1. The summed E-state index contributed by atoms with van der Waals surface area (Å²) in [6.45, 7) is 3.91. The predicted molar refractivity (Wildman–Crippen MR) is 75.6 cm³/mol. The van der Waals surface area contributed by atoms with Gasteiger partial charge in [0.25, 0.3) is 5.56 Å². The molecule has 0 spiro atoms. The molecule has 3 heteroatoms. The van der Waals surface area contributed by atoms with Crippen LogP contribution in [0.3, 0.4) is 0 Å². The van der Waals surface area contributed by atoms with Crippen molar-refractivity contribution in [2.75, 3.05) is 0 Å². The summed E-state index contributed by atoms with van der Waals surface area (Å²) in [5.41, 5.74) is 2.38. The van der Waals surface area contributed by atoms with E-state index >= 15 is 0 Å². The average molecular weight is 255 g/mol. The summed E-state index contributed by atoms with van der Waals surface area (Å²) >= 11 is 0. The molecule has 0 aliphatic rings.